The molecule has 2 unspecified atom stereocenters. The number of unbranched alkanes of at least 4 members (excludes halogenated alkanes) is 1. The summed E-state index contributed by atoms with van der Waals surface area (Å²) in [5.74, 6) is 3.62. The lowest BCUT2D eigenvalue weighted by Crippen LogP contribution is -2.11. The topological polar surface area (TPSA) is 0 Å². The minimum atomic E-state index is 0.864. The molecule has 0 nitrogen and oxygen atoms in total. The summed E-state index contributed by atoms with van der Waals surface area (Å²) in [5, 5.41) is 0. The zero-order valence-corrected chi connectivity index (χ0v) is 12.6. The molecule has 0 radical (unpaired) electrons. The van der Waals surface area contributed by atoms with E-state index >= 15 is 0 Å². The van der Waals surface area contributed by atoms with Crippen LogP contribution in [0.3, 0.4) is 0 Å². The van der Waals surface area contributed by atoms with Crippen molar-refractivity contribution in [2.45, 2.75) is 80.1 Å². The van der Waals surface area contributed by atoms with Gasteiger partial charge in [-0.2, -0.15) is 0 Å². The molecular formula is C16H34. The molecule has 0 bridgehead atoms. The monoisotopic (exact) mass is 226 g/mol. The maximum atomic E-state index is 2.43. The highest BCUT2D eigenvalue weighted by Crippen LogP contribution is 2.27. The predicted molar refractivity (Wildman–Crippen MR) is 75.7 cm³/mol. The van der Waals surface area contributed by atoms with Gasteiger partial charge in [0.25, 0.3) is 0 Å². The van der Waals surface area contributed by atoms with Crippen molar-refractivity contribution in [2.24, 2.45) is 23.7 Å². The van der Waals surface area contributed by atoms with Gasteiger partial charge in [-0.15, -0.1) is 0 Å². The van der Waals surface area contributed by atoms with E-state index in [2.05, 4.69) is 41.5 Å². The normalized spacial score (nSPS) is 15.8. The van der Waals surface area contributed by atoms with E-state index in [-0.39, 0.29) is 0 Å². The van der Waals surface area contributed by atoms with Crippen molar-refractivity contribution in [3.05, 3.63) is 0 Å². The summed E-state index contributed by atoms with van der Waals surface area (Å²) < 4.78 is 0. The second kappa shape index (κ2) is 9.07. The van der Waals surface area contributed by atoms with Crippen molar-refractivity contribution in [1.82, 2.24) is 0 Å². The van der Waals surface area contributed by atoms with Crippen LogP contribution in [0.5, 0.6) is 0 Å². The van der Waals surface area contributed by atoms with Crippen LogP contribution in [0.25, 0.3) is 0 Å². The summed E-state index contributed by atoms with van der Waals surface area (Å²) in [6.45, 7) is 14.2. The quantitative estimate of drug-likeness (QED) is 0.458. The van der Waals surface area contributed by atoms with Gasteiger partial charge in [-0.25, -0.2) is 0 Å². The molecule has 2 atom stereocenters. The molecule has 0 saturated heterocycles. The van der Waals surface area contributed by atoms with Crippen molar-refractivity contribution in [1.29, 1.82) is 0 Å². The van der Waals surface area contributed by atoms with E-state index in [4.69, 9.17) is 0 Å². The fourth-order valence-electron chi connectivity index (χ4n) is 2.70. The second-order valence-corrected chi connectivity index (χ2v) is 6.46. The molecule has 0 aliphatic rings. The molecule has 0 aromatic carbocycles. The second-order valence-electron chi connectivity index (χ2n) is 6.46. The summed E-state index contributed by atoms with van der Waals surface area (Å²) in [7, 11) is 0. The Labute approximate surface area is 104 Å². The zero-order valence-electron chi connectivity index (χ0n) is 12.6. The van der Waals surface area contributed by atoms with Gasteiger partial charge in [-0.1, -0.05) is 67.2 Å². The molecule has 0 fully saturated rings. The third kappa shape index (κ3) is 8.19. The lowest BCUT2D eigenvalue weighted by Gasteiger charge is -2.23. The van der Waals surface area contributed by atoms with Gasteiger partial charge in [-0.05, 0) is 36.5 Å². The van der Waals surface area contributed by atoms with Gasteiger partial charge in [-0.3, -0.25) is 0 Å². The van der Waals surface area contributed by atoms with Crippen LogP contribution < -0.4 is 0 Å². The lowest BCUT2D eigenvalue weighted by atomic mass is 9.83. The summed E-state index contributed by atoms with van der Waals surface area (Å²) in [4.78, 5) is 0. The Morgan fingerprint density at radius 3 is 1.88 bits per heavy atom. The van der Waals surface area contributed by atoms with E-state index in [1.165, 1.54) is 38.5 Å². The molecular weight excluding hydrogens is 192 g/mol. The van der Waals surface area contributed by atoms with Crippen LogP contribution in [-0.2, 0) is 0 Å². The highest BCUT2D eigenvalue weighted by atomic mass is 14.2. The predicted octanol–water partition coefficient (Wildman–Crippen LogP) is 5.91. The summed E-state index contributed by atoms with van der Waals surface area (Å²) in [5.41, 5.74) is 0. The molecule has 0 N–H and O–H groups in total. The van der Waals surface area contributed by atoms with Gasteiger partial charge in [0.15, 0.2) is 0 Å². The van der Waals surface area contributed by atoms with Gasteiger partial charge in [0.05, 0.1) is 0 Å². The summed E-state index contributed by atoms with van der Waals surface area (Å²) >= 11 is 0. The van der Waals surface area contributed by atoms with Crippen LogP contribution >= 0.6 is 0 Å². The first-order valence-corrected chi connectivity index (χ1v) is 7.47. The van der Waals surface area contributed by atoms with E-state index in [1.807, 2.05) is 0 Å². The van der Waals surface area contributed by atoms with Gasteiger partial charge >= 0.3 is 0 Å². The van der Waals surface area contributed by atoms with Crippen molar-refractivity contribution in [2.75, 3.05) is 0 Å². The van der Waals surface area contributed by atoms with Crippen LogP contribution in [0.1, 0.15) is 80.1 Å². The highest BCUT2D eigenvalue weighted by Gasteiger charge is 2.14. The van der Waals surface area contributed by atoms with Crippen LogP contribution in [0.4, 0.5) is 0 Å². The molecule has 0 amide bonds. The van der Waals surface area contributed by atoms with Gasteiger partial charge in [0, 0.05) is 0 Å². The summed E-state index contributed by atoms with van der Waals surface area (Å²) in [6, 6.07) is 0. The minimum absolute atomic E-state index is 0.864. The number of rotatable bonds is 9. The largest absolute Gasteiger partial charge is 0.0654 e. The lowest BCUT2D eigenvalue weighted by molar-refractivity contribution is 0.288. The summed E-state index contributed by atoms with van der Waals surface area (Å²) in [6.07, 6.45) is 8.50. The van der Waals surface area contributed by atoms with E-state index in [1.54, 1.807) is 0 Å². The first-order valence-electron chi connectivity index (χ1n) is 7.47. The van der Waals surface area contributed by atoms with Gasteiger partial charge < -0.3 is 0 Å². The first kappa shape index (κ1) is 16.0. The first-order chi connectivity index (χ1) is 7.47. The van der Waals surface area contributed by atoms with Crippen molar-refractivity contribution < 1.29 is 0 Å². The SMILES string of the molecule is CCCCC(CCC(C)CC(C)C)C(C)C. The maximum absolute atomic E-state index is 2.43. The van der Waals surface area contributed by atoms with E-state index in [9.17, 15) is 0 Å². The van der Waals surface area contributed by atoms with Crippen molar-refractivity contribution >= 4 is 0 Å². The Morgan fingerprint density at radius 1 is 0.812 bits per heavy atom. The van der Waals surface area contributed by atoms with Crippen LogP contribution in [-0.4, -0.2) is 0 Å². The van der Waals surface area contributed by atoms with E-state index in [0.29, 0.717) is 0 Å². The third-order valence-electron chi connectivity index (χ3n) is 3.78. The molecule has 98 valence electrons. The van der Waals surface area contributed by atoms with Crippen LogP contribution in [0.2, 0.25) is 0 Å². The average Bonchev–Trinajstić information content (AvgIpc) is 2.16. The number of hydrogen-bond acceptors (Lipinski definition) is 0. The van der Waals surface area contributed by atoms with Crippen molar-refractivity contribution in [3.8, 4) is 0 Å². The molecule has 0 aromatic rings. The molecule has 0 aromatic heterocycles. The molecule has 0 rings (SSSR count). The zero-order chi connectivity index (χ0) is 12.6. The van der Waals surface area contributed by atoms with Gasteiger partial charge in [0.2, 0.25) is 0 Å². The Balaban J connectivity index is 3.82. The molecule has 0 heterocycles. The van der Waals surface area contributed by atoms with Crippen molar-refractivity contribution in [3.63, 3.8) is 0 Å². The Hall–Kier alpha value is 0. The van der Waals surface area contributed by atoms with E-state index < -0.39 is 0 Å². The maximum Gasteiger partial charge on any atom is -0.0391 e. The molecule has 0 aliphatic carbocycles. The Morgan fingerprint density at radius 2 is 1.44 bits per heavy atom. The highest BCUT2D eigenvalue weighted by molar-refractivity contribution is 4.66. The Kier molecular flexibility index (Phi) is 9.07. The fraction of sp³-hybridized carbons (Fsp3) is 1.00. The Bertz CT molecular complexity index is 146. The van der Waals surface area contributed by atoms with E-state index in [0.717, 1.165) is 23.7 Å². The molecule has 0 aliphatic heterocycles. The van der Waals surface area contributed by atoms with Crippen LogP contribution in [0, 0.1) is 23.7 Å². The molecule has 0 spiro atoms. The molecule has 0 saturated carbocycles. The molecule has 16 heavy (non-hydrogen) atoms. The smallest absolute Gasteiger partial charge is 0.0391 e. The minimum Gasteiger partial charge on any atom is -0.0654 e. The van der Waals surface area contributed by atoms with Gasteiger partial charge in [0.1, 0.15) is 0 Å². The molecule has 0 heteroatoms. The standard InChI is InChI=1S/C16H34/c1-7-8-9-16(14(4)5)11-10-15(6)12-13(2)3/h13-16H,7-12H2,1-6H3. The van der Waals surface area contributed by atoms with Crippen LogP contribution in [0.15, 0.2) is 0 Å². The number of hydrogen-bond donors (Lipinski definition) is 0. The third-order valence-corrected chi connectivity index (χ3v) is 3.78. The average molecular weight is 226 g/mol. The fourth-order valence-corrected chi connectivity index (χ4v) is 2.70.